The number of aromatic amines is 1. The van der Waals surface area contributed by atoms with Crippen LogP contribution in [0.3, 0.4) is 0 Å². The fourth-order valence-electron chi connectivity index (χ4n) is 3.46. The molecule has 3 aromatic carbocycles. The van der Waals surface area contributed by atoms with E-state index >= 15 is 0 Å². The molecule has 10 nitrogen and oxygen atoms in total. The van der Waals surface area contributed by atoms with Crippen LogP contribution in [0.15, 0.2) is 75.9 Å². The molecule has 0 saturated carbocycles. The van der Waals surface area contributed by atoms with Crippen molar-refractivity contribution in [3.05, 3.63) is 87.4 Å². The number of carbonyl (C=O) groups is 1. The zero-order valence-corrected chi connectivity index (χ0v) is 16.4. The average molecular weight is 429 g/mol. The zero-order chi connectivity index (χ0) is 22.2. The largest absolute Gasteiger partial charge is 0.420 e. The molecule has 0 atom stereocenters. The Hall–Kier alpha value is -4.73. The van der Waals surface area contributed by atoms with Gasteiger partial charge in [-0.2, -0.15) is 0 Å². The summed E-state index contributed by atoms with van der Waals surface area (Å²) in [5.41, 5.74) is 3.35. The van der Waals surface area contributed by atoms with E-state index in [2.05, 4.69) is 15.3 Å². The van der Waals surface area contributed by atoms with Gasteiger partial charge >= 0.3 is 5.76 Å². The number of oxazole rings is 1. The van der Waals surface area contributed by atoms with Gasteiger partial charge in [0.15, 0.2) is 5.58 Å². The molecule has 0 aliphatic carbocycles. The second-order valence-corrected chi connectivity index (χ2v) is 7.09. The summed E-state index contributed by atoms with van der Waals surface area (Å²) in [6.07, 6.45) is 0. The van der Waals surface area contributed by atoms with E-state index in [1.54, 1.807) is 12.1 Å². The molecule has 0 radical (unpaired) electrons. The molecule has 0 fully saturated rings. The van der Waals surface area contributed by atoms with Gasteiger partial charge in [-0.3, -0.25) is 19.5 Å². The Kier molecular flexibility index (Phi) is 4.52. The normalized spacial score (nSPS) is 11.1. The minimum atomic E-state index is -0.768. The lowest BCUT2D eigenvalue weighted by molar-refractivity contribution is -0.384. The van der Waals surface area contributed by atoms with Crippen molar-refractivity contribution in [2.45, 2.75) is 6.54 Å². The molecule has 32 heavy (non-hydrogen) atoms. The van der Waals surface area contributed by atoms with Crippen LogP contribution in [-0.2, 0) is 11.3 Å². The fourth-order valence-corrected chi connectivity index (χ4v) is 3.46. The molecular formula is C22H15N5O5. The van der Waals surface area contributed by atoms with Crippen molar-refractivity contribution in [3.63, 3.8) is 0 Å². The van der Waals surface area contributed by atoms with E-state index in [1.165, 1.54) is 12.1 Å². The number of hydrogen-bond acceptors (Lipinski definition) is 6. The van der Waals surface area contributed by atoms with Crippen molar-refractivity contribution in [1.82, 2.24) is 14.5 Å². The lowest BCUT2D eigenvalue weighted by Crippen LogP contribution is -2.24. The molecule has 0 unspecified atom stereocenters. The molecule has 0 spiro atoms. The zero-order valence-electron chi connectivity index (χ0n) is 16.4. The highest BCUT2D eigenvalue weighted by Crippen LogP contribution is 2.23. The third-order valence-electron chi connectivity index (χ3n) is 5.00. The number of nitro groups is 1. The number of benzene rings is 3. The molecule has 5 aromatic rings. The second-order valence-electron chi connectivity index (χ2n) is 7.09. The molecule has 2 N–H and O–H groups in total. The molecule has 0 saturated heterocycles. The van der Waals surface area contributed by atoms with E-state index in [4.69, 9.17) is 4.42 Å². The van der Waals surface area contributed by atoms with Gasteiger partial charge in [0.1, 0.15) is 12.4 Å². The van der Waals surface area contributed by atoms with Crippen molar-refractivity contribution in [3.8, 4) is 11.4 Å². The summed E-state index contributed by atoms with van der Waals surface area (Å²) < 4.78 is 6.17. The van der Waals surface area contributed by atoms with Gasteiger partial charge in [-0.15, -0.1) is 0 Å². The minimum absolute atomic E-state index is 0.0483. The van der Waals surface area contributed by atoms with Crippen LogP contribution in [0.5, 0.6) is 0 Å². The molecule has 5 rings (SSSR count). The summed E-state index contributed by atoms with van der Waals surface area (Å²) in [6, 6.07) is 18.6. The van der Waals surface area contributed by atoms with Gasteiger partial charge in [0.2, 0.25) is 5.91 Å². The predicted molar refractivity (Wildman–Crippen MR) is 117 cm³/mol. The van der Waals surface area contributed by atoms with E-state index in [1.807, 2.05) is 36.4 Å². The lowest BCUT2D eigenvalue weighted by Gasteiger charge is -2.06. The standard InChI is InChI=1S/C22H15N5O5/c28-20(12-26-18-10-9-15(27(30)31)11-19(18)32-22(26)29)23-14-7-5-13(6-8-14)21-24-16-3-1-2-4-17(16)25-21/h1-11H,12H2,(H,23,28)(H,24,25). The molecule has 2 heterocycles. The number of hydrogen-bond donors (Lipinski definition) is 2. The number of nitrogens with zero attached hydrogens (tertiary/aromatic N) is 3. The molecule has 1 amide bonds. The topological polar surface area (TPSA) is 136 Å². The van der Waals surface area contributed by atoms with Gasteiger partial charge in [-0.05, 0) is 42.5 Å². The van der Waals surface area contributed by atoms with E-state index < -0.39 is 16.6 Å². The van der Waals surface area contributed by atoms with E-state index in [0.29, 0.717) is 11.2 Å². The number of fused-ring (bicyclic) bond motifs is 2. The maximum atomic E-state index is 12.5. The van der Waals surface area contributed by atoms with E-state index in [0.717, 1.165) is 33.1 Å². The molecule has 0 bridgehead atoms. The van der Waals surface area contributed by atoms with Gasteiger partial charge in [-0.25, -0.2) is 9.78 Å². The Morgan fingerprint density at radius 3 is 2.66 bits per heavy atom. The predicted octanol–water partition coefficient (Wildman–Crippen LogP) is 3.68. The molecule has 158 valence electrons. The number of para-hydroxylation sites is 2. The van der Waals surface area contributed by atoms with Crippen LogP contribution < -0.4 is 11.1 Å². The van der Waals surface area contributed by atoms with Gasteiger partial charge in [0.25, 0.3) is 5.69 Å². The third kappa shape index (κ3) is 3.49. The van der Waals surface area contributed by atoms with Gasteiger partial charge in [0, 0.05) is 17.3 Å². The maximum Gasteiger partial charge on any atom is 0.420 e. The van der Waals surface area contributed by atoms with Crippen molar-refractivity contribution >= 4 is 39.4 Å². The van der Waals surface area contributed by atoms with Gasteiger partial charge < -0.3 is 14.7 Å². The Balaban J connectivity index is 1.32. The van der Waals surface area contributed by atoms with E-state index in [9.17, 15) is 19.7 Å². The molecular weight excluding hydrogens is 414 g/mol. The van der Waals surface area contributed by atoms with Crippen LogP contribution in [0.4, 0.5) is 11.4 Å². The number of H-pyrrole nitrogens is 1. The number of imidazole rings is 1. The summed E-state index contributed by atoms with van der Waals surface area (Å²) in [5.74, 6) is -0.491. The van der Waals surface area contributed by atoms with Crippen molar-refractivity contribution in [2.75, 3.05) is 5.32 Å². The van der Waals surface area contributed by atoms with Crippen LogP contribution in [0, 0.1) is 10.1 Å². The number of amides is 1. The van der Waals surface area contributed by atoms with Gasteiger partial charge in [-0.1, -0.05) is 12.1 Å². The summed E-state index contributed by atoms with van der Waals surface area (Å²) in [7, 11) is 0. The summed E-state index contributed by atoms with van der Waals surface area (Å²) in [5, 5.41) is 13.6. The molecule has 0 aliphatic heterocycles. The Morgan fingerprint density at radius 1 is 1.12 bits per heavy atom. The molecule has 10 heteroatoms. The lowest BCUT2D eigenvalue weighted by atomic mass is 10.2. The Morgan fingerprint density at radius 2 is 1.91 bits per heavy atom. The fraction of sp³-hybridized carbons (Fsp3) is 0.0455. The highest BCUT2D eigenvalue weighted by Gasteiger charge is 2.16. The molecule has 2 aromatic heterocycles. The van der Waals surface area contributed by atoms with Crippen LogP contribution in [0.1, 0.15) is 0 Å². The minimum Gasteiger partial charge on any atom is -0.407 e. The van der Waals surface area contributed by atoms with Crippen molar-refractivity contribution < 1.29 is 14.1 Å². The SMILES string of the molecule is O=C(Cn1c(=O)oc2cc([N+](=O)[O-])ccc21)Nc1ccc(-c2nc3ccccc3[nH]2)cc1. The first-order valence-corrected chi connectivity index (χ1v) is 9.61. The Labute approximate surface area is 179 Å². The number of rotatable bonds is 5. The first-order chi connectivity index (χ1) is 15.5. The monoisotopic (exact) mass is 429 g/mol. The molecule has 0 aliphatic rings. The van der Waals surface area contributed by atoms with E-state index in [-0.39, 0.29) is 17.8 Å². The Bertz CT molecular complexity index is 1510. The van der Waals surface area contributed by atoms with Crippen LogP contribution in [0.25, 0.3) is 33.5 Å². The number of aromatic nitrogens is 3. The van der Waals surface area contributed by atoms with Crippen molar-refractivity contribution in [2.24, 2.45) is 0 Å². The number of anilines is 1. The summed E-state index contributed by atoms with van der Waals surface area (Å²) in [4.78, 5) is 42.7. The number of carbonyl (C=O) groups excluding carboxylic acids is 1. The van der Waals surface area contributed by atoms with Gasteiger partial charge in [0.05, 0.1) is 27.5 Å². The summed E-state index contributed by atoms with van der Waals surface area (Å²) >= 11 is 0. The highest BCUT2D eigenvalue weighted by molar-refractivity contribution is 5.92. The van der Waals surface area contributed by atoms with Crippen LogP contribution in [0.2, 0.25) is 0 Å². The second kappa shape index (κ2) is 7.51. The first-order valence-electron chi connectivity index (χ1n) is 9.61. The number of nitro benzene ring substituents is 1. The smallest absolute Gasteiger partial charge is 0.407 e. The first kappa shape index (κ1) is 19.2. The quantitative estimate of drug-likeness (QED) is 0.323. The third-order valence-corrected chi connectivity index (χ3v) is 5.00. The number of non-ortho nitro benzene ring substituents is 1. The summed E-state index contributed by atoms with van der Waals surface area (Å²) in [6.45, 7) is -0.297. The maximum absolute atomic E-state index is 12.5. The van der Waals surface area contributed by atoms with Crippen molar-refractivity contribution in [1.29, 1.82) is 0 Å². The number of nitrogens with one attached hydrogen (secondary N) is 2. The highest BCUT2D eigenvalue weighted by atomic mass is 16.6. The average Bonchev–Trinajstić information content (AvgIpc) is 3.35. The van der Waals surface area contributed by atoms with Crippen LogP contribution >= 0.6 is 0 Å². The van der Waals surface area contributed by atoms with Crippen LogP contribution in [-0.4, -0.2) is 25.4 Å².